The van der Waals surface area contributed by atoms with Crippen LogP contribution in [0.25, 0.3) is 0 Å². The van der Waals surface area contributed by atoms with Crippen molar-refractivity contribution in [2.24, 2.45) is 11.8 Å². The average molecular weight is 264 g/mol. The first kappa shape index (κ1) is 14.0. The smallest absolute Gasteiger partial charge is 0.251 e. The van der Waals surface area contributed by atoms with Gasteiger partial charge in [-0.1, -0.05) is 13.0 Å². The van der Waals surface area contributed by atoms with Crippen molar-refractivity contribution in [2.75, 3.05) is 19.6 Å². The van der Waals surface area contributed by atoms with E-state index >= 15 is 0 Å². The van der Waals surface area contributed by atoms with Gasteiger partial charge in [-0.2, -0.15) is 0 Å². The van der Waals surface area contributed by atoms with Crippen LogP contribution in [0, 0.1) is 24.6 Å². The van der Waals surface area contributed by atoms with E-state index in [1.807, 2.05) is 0 Å². The normalized spacial score (nSPS) is 23.1. The summed E-state index contributed by atoms with van der Waals surface area (Å²) in [6, 6.07) is 4.60. The number of aryl methyl sites for hydroxylation is 1. The lowest BCUT2D eigenvalue weighted by Crippen LogP contribution is -2.42. The lowest BCUT2D eigenvalue weighted by molar-refractivity contribution is 0.0938. The molecule has 2 unspecified atom stereocenters. The molecule has 1 fully saturated rings. The van der Waals surface area contributed by atoms with Crippen LogP contribution in [0.2, 0.25) is 0 Å². The van der Waals surface area contributed by atoms with E-state index in [9.17, 15) is 9.18 Å². The van der Waals surface area contributed by atoms with E-state index in [4.69, 9.17) is 0 Å². The number of benzene rings is 1. The Labute approximate surface area is 113 Å². The summed E-state index contributed by atoms with van der Waals surface area (Å²) in [4.78, 5) is 12.0. The molecule has 4 heteroatoms. The Morgan fingerprint density at radius 2 is 2.32 bits per heavy atom. The molecule has 0 aliphatic carbocycles. The zero-order valence-corrected chi connectivity index (χ0v) is 11.5. The highest BCUT2D eigenvalue weighted by molar-refractivity contribution is 5.94. The molecule has 19 heavy (non-hydrogen) atoms. The van der Waals surface area contributed by atoms with E-state index < -0.39 is 0 Å². The van der Waals surface area contributed by atoms with Crippen LogP contribution >= 0.6 is 0 Å². The third kappa shape index (κ3) is 3.53. The van der Waals surface area contributed by atoms with E-state index in [2.05, 4.69) is 17.6 Å². The standard InChI is InChI=1S/C15H21FN2O/c1-10-5-6-17-8-13(10)9-18-15(19)12-4-3-11(2)14(16)7-12/h3-4,7,10,13,17H,5-6,8-9H2,1-2H3,(H,18,19). The minimum Gasteiger partial charge on any atom is -0.352 e. The highest BCUT2D eigenvalue weighted by atomic mass is 19.1. The lowest BCUT2D eigenvalue weighted by Gasteiger charge is -2.29. The molecule has 0 spiro atoms. The minimum absolute atomic E-state index is 0.198. The van der Waals surface area contributed by atoms with Crippen LogP contribution in [-0.4, -0.2) is 25.5 Å². The van der Waals surface area contributed by atoms with Gasteiger partial charge in [0.25, 0.3) is 5.91 Å². The molecule has 1 amide bonds. The first-order chi connectivity index (χ1) is 9.08. The number of hydrogen-bond acceptors (Lipinski definition) is 2. The highest BCUT2D eigenvalue weighted by Crippen LogP contribution is 2.17. The Morgan fingerprint density at radius 3 is 3.00 bits per heavy atom. The summed E-state index contributed by atoms with van der Waals surface area (Å²) in [7, 11) is 0. The number of piperidine rings is 1. The van der Waals surface area contributed by atoms with Crippen molar-refractivity contribution in [3.8, 4) is 0 Å². The van der Waals surface area contributed by atoms with Gasteiger partial charge in [-0.05, 0) is 56.0 Å². The molecular weight excluding hydrogens is 243 g/mol. The molecule has 1 heterocycles. The molecule has 104 valence electrons. The molecule has 3 nitrogen and oxygen atoms in total. The summed E-state index contributed by atoms with van der Waals surface area (Å²) < 4.78 is 13.4. The maximum Gasteiger partial charge on any atom is 0.251 e. The van der Waals surface area contributed by atoms with Gasteiger partial charge in [-0.3, -0.25) is 4.79 Å². The summed E-state index contributed by atoms with van der Waals surface area (Å²) in [5.41, 5.74) is 0.946. The molecule has 0 radical (unpaired) electrons. The molecule has 1 aromatic carbocycles. The molecule has 0 saturated carbocycles. The molecular formula is C15H21FN2O. The molecule has 1 aliphatic heterocycles. The van der Waals surface area contributed by atoms with Gasteiger partial charge in [-0.15, -0.1) is 0 Å². The van der Waals surface area contributed by atoms with Gasteiger partial charge in [0.1, 0.15) is 5.82 Å². The Hall–Kier alpha value is -1.42. The molecule has 2 rings (SSSR count). The van der Waals surface area contributed by atoms with Crippen LogP contribution < -0.4 is 10.6 Å². The Balaban J connectivity index is 1.91. The van der Waals surface area contributed by atoms with Crippen LogP contribution in [-0.2, 0) is 0 Å². The number of halogens is 1. The largest absolute Gasteiger partial charge is 0.352 e. The second-order valence-corrected chi connectivity index (χ2v) is 5.40. The van der Waals surface area contributed by atoms with Crippen molar-refractivity contribution in [3.05, 3.63) is 35.1 Å². The van der Waals surface area contributed by atoms with E-state index in [0.29, 0.717) is 29.5 Å². The van der Waals surface area contributed by atoms with Crippen LogP contribution in [0.15, 0.2) is 18.2 Å². The van der Waals surface area contributed by atoms with E-state index in [-0.39, 0.29) is 11.7 Å². The van der Waals surface area contributed by atoms with Crippen molar-refractivity contribution in [1.82, 2.24) is 10.6 Å². The fourth-order valence-electron chi connectivity index (χ4n) is 2.39. The second-order valence-electron chi connectivity index (χ2n) is 5.40. The predicted molar refractivity (Wildman–Crippen MR) is 73.6 cm³/mol. The van der Waals surface area contributed by atoms with Crippen molar-refractivity contribution in [2.45, 2.75) is 20.3 Å². The van der Waals surface area contributed by atoms with Crippen LogP contribution in [0.1, 0.15) is 29.3 Å². The average Bonchev–Trinajstić information content (AvgIpc) is 2.40. The zero-order valence-electron chi connectivity index (χ0n) is 11.5. The predicted octanol–water partition coefficient (Wildman–Crippen LogP) is 2.11. The van der Waals surface area contributed by atoms with E-state index in [1.165, 1.54) is 6.07 Å². The summed E-state index contributed by atoms with van der Waals surface area (Å²) in [6.45, 7) is 6.52. The van der Waals surface area contributed by atoms with Gasteiger partial charge in [0.2, 0.25) is 0 Å². The number of nitrogens with one attached hydrogen (secondary N) is 2. The number of rotatable bonds is 3. The Bertz CT molecular complexity index is 461. The molecule has 1 saturated heterocycles. The van der Waals surface area contributed by atoms with Gasteiger partial charge < -0.3 is 10.6 Å². The Morgan fingerprint density at radius 1 is 1.53 bits per heavy atom. The molecule has 1 aliphatic rings. The molecule has 2 N–H and O–H groups in total. The Kier molecular flexibility index (Phi) is 4.53. The van der Waals surface area contributed by atoms with Crippen LogP contribution in [0.3, 0.4) is 0 Å². The zero-order chi connectivity index (χ0) is 13.8. The van der Waals surface area contributed by atoms with Gasteiger partial charge in [0, 0.05) is 12.1 Å². The van der Waals surface area contributed by atoms with Gasteiger partial charge in [-0.25, -0.2) is 4.39 Å². The molecule has 0 aromatic heterocycles. The van der Waals surface area contributed by atoms with E-state index in [1.54, 1.807) is 19.1 Å². The number of carbonyl (C=O) groups excluding carboxylic acids is 1. The maximum absolute atomic E-state index is 13.4. The van der Waals surface area contributed by atoms with Crippen molar-refractivity contribution < 1.29 is 9.18 Å². The molecule has 0 bridgehead atoms. The van der Waals surface area contributed by atoms with Gasteiger partial charge in [0.15, 0.2) is 0 Å². The third-order valence-corrected chi connectivity index (χ3v) is 3.95. The van der Waals surface area contributed by atoms with Gasteiger partial charge in [0.05, 0.1) is 0 Å². The monoisotopic (exact) mass is 264 g/mol. The third-order valence-electron chi connectivity index (χ3n) is 3.95. The molecule has 1 aromatic rings. The summed E-state index contributed by atoms with van der Waals surface area (Å²) in [5.74, 6) is 0.529. The number of carbonyl (C=O) groups is 1. The van der Waals surface area contributed by atoms with Crippen molar-refractivity contribution in [3.63, 3.8) is 0 Å². The maximum atomic E-state index is 13.4. The molecule has 2 atom stereocenters. The first-order valence-corrected chi connectivity index (χ1v) is 6.83. The fourth-order valence-corrected chi connectivity index (χ4v) is 2.39. The van der Waals surface area contributed by atoms with Gasteiger partial charge >= 0.3 is 0 Å². The fraction of sp³-hybridized carbons (Fsp3) is 0.533. The first-order valence-electron chi connectivity index (χ1n) is 6.83. The summed E-state index contributed by atoms with van der Waals surface area (Å²) >= 11 is 0. The number of hydrogen-bond donors (Lipinski definition) is 2. The summed E-state index contributed by atoms with van der Waals surface area (Å²) in [6.07, 6.45) is 1.14. The van der Waals surface area contributed by atoms with Crippen LogP contribution in [0.5, 0.6) is 0 Å². The summed E-state index contributed by atoms with van der Waals surface area (Å²) in [5, 5.41) is 6.23. The number of amides is 1. The lowest BCUT2D eigenvalue weighted by atomic mass is 9.88. The topological polar surface area (TPSA) is 41.1 Å². The van der Waals surface area contributed by atoms with Crippen LogP contribution in [0.4, 0.5) is 4.39 Å². The second kappa shape index (κ2) is 6.15. The van der Waals surface area contributed by atoms with E-state index in [0.717, 1.165) is 19.5 Å². The van der Waals surface area contributed by atoms with Crippen molar-refractivity contribution in [1.29, 1.82) is 0 Å². The SMILES string of the molecule is Cc1ccc(C(=O)NCC2CNCCC2C)cc1F. The van der Waals surface area contributed by atoms with Crippen molar-refractivity contribution >= 4 is 5.91 Å². The minimum atomic E-state index is -0.333. The quantitative estimate of drug-likeness (QED) is 0.878. The highest BCUT2D eigenvalue weighted by Gasteiger charge is 2.21.